The lowest BCUT2D eigenvalue weighted by Gasteiger charge is -2.17. The summed E-state index contributed by atoms with van der Waals surface area (Å²) in [5.41, 5.74) is 4.71. The topological polar surface area (TPSA) is 64.3 Å². The molecule has 0 aliphatic heterocycles. The Morgan fingerprint density at radius 2 is 2.08 bits per heavy atom. The van der Waals surface area contributed by atoms with Crippen molar-refractivity contribution in [2.75, 3.05) is 20.3 Å². The fourth-order valence-electron chi connectivity index (χ4n) is 0.494. The van der Waals surface area contributed by atoms with Crippen LogP contribution in [-0.2, 0) is 9.53 Å². The molecule has 0 unspecified atom stereocenters. The predicted molar refractivity (Wildman–Crippen MR) is 50.4 cm³/mol. The van der Waals surface area contributed by atoms with Crippen molar-refractivity contribution in [1.29, 1.82) is 0 Å². The first-order chi connectivity index (χ1) is 4.98. The number of halogens is 1. The minimum Gasteiger partial charge on any atom is -0.383 e. The lowest BCUT2D eigenvalue weighted by molar-refractivity contribution is -0.125. The molecule has 0 fully saturated rings. The van der Waals surface area contributed by atoms with Crippen LogP contribution in [0.4, 0.5) is 0 Å². The lowest BCUT2D eigenvalue weighted by Crippen LogP contribution is -2.49. The number of carbonyl (C=O) groups excluding carboxylic acids is 1. The zero-order valence-electron chi connectivity index (χ0n) is 7.72. The molecule has 0 aromatic carbocycles. The van der Waals surface area contributed by atoms with E-state index >= 15 is 0 Å². The van der Waals surface area contributed by atoms with Gasteiger partial charge in [-0.3, -0.25) is 4.79 Å². The third-order valence-corrected chi connectivity index (χ3v) is 1.18. The third-order valence-electron chi connectivity index (χ3n) is 1.18. The second-order valence-electron chi connectivity index (χ2n) is 2.97. The molecule has 0 heterocycles. The van der Waals surface area contributed by atoms with Crippen LogP contribution in [0.25, 0.3) is 0 Å². The molecule has 12 heavy (non-hydrogen) atoms. The molecule has 1 amide bonds. The van der Waals surface area contributed by atoms with Gasteiger partial charge in [-0.05, 0) is 13.8 Å². The van der Waals surface area contributed by atoms with Crippen molar-refractivity contribution in [3.05, 3.63) is 0 Å². The van der Waals surface area contributed by atoms with E-state index in [-0.39, 0.29) is 18.3 Å². The van der Waals surface area contributed by atoms with Gasteiger partial charge in [0.15, 0.2) is 0 Å². The molecule has 0 atom stereocenters. The van der Waals surface area contributed by atoms with Crippen LogP contribution in [0.3, 0.4) is 0 Å². The molecule has 0 rings (SSSR count). The molecule has 0 aliphatic rings. The van der Waals surface area contributed by atoms with Gasteiger partial charge >= 0.3 is 0 Å². The molecule has 0 radical (unpaired) electrons. The van der Waals surface area contributed by atoms with E-state index in [0.29, 0.717) is 13.2 Å². The first-order valence-corrected chi connectivity index (χ1v) is 3.54. The normalized spacial score (nSPS) is 10.3. The molecule has 3 N–H and O–H groups in total. The molecule has 0 spiro atoms. The largest absolute Gasteiger partial charge is 0.383 e. The Bertz CT molecular complexity index is 134. The van der Waals surface area contributed by atoms with Gasteiger partial charge in [0.05, 0.1) is 12.1 Å². The summed E-state index contributed by atoms with van der Waals surface area (Å²) in [5, 5.41) is 2.63. The first kappa shape index (κ1) is 14.2. The Morgan fingerprint density at radius 3 is 2.42 bits per heavy atom. The summed E-state index contributed by atoms with van der Waals surface area (Å²) >= 11 is 0. The zero-order chi connectivity index (χ0) is 8.91. The summed E-state index contributed by atoms with van der Waals surface area (Å²) in [6.45, 7) is 4.35. The van der Waals surface area contributed by atoms with Crippen LogP contribution in [0.15, 0.2) is 0 Å². The number of methoxy groups -OCH3 is 1. The van der Waals surface area contributed by atoms with Gasteiger partial charge in [-0.2, -0.15) is 0 Å². The Balaban J connectivity index is 0. The van der Waals surface area contributed by atoms with Crippen LogP contribution < -0.4 is 11.1 Å². The standard InChI is InChI=1S/C7H16N2O2.ClH/c1-7(2,8)6(10)9-4-5-11-3;/h4-5,8H2,1-3H3,(H,9,10);1H. The lowest BCUT2D eigenvalue weighted by atomic mass is 10.1. The van der Waals surface area contributed by atoms with Crippen molar-refractivity contribution in [1.82, 2.24) is 5.32 Å². The second kappa shape index (κ2) is 6.22. The number of hydrogen-bond donors (Lipinski definition) is 2. The molecule has 0 aliphatic carbocycles. The van der Waals surface area contributed by atoms with Gasteiger partial charge in [-0.25, -0.2) is 0 Å². The fraction of sp³-hybridized carbons (Fsp3) is 0.857. The fourth-order valence-corrected chi connectivity index (χ4v) is 0.494. The van der Waals surface area contributed by atoms with E-state index in [1.54, 1.807) is 21.0 Å². The smallest absolute Gasteiger partial charge is 0.239 e. The monoisotopic (exact) mass is 196 g/mol. The molecular weight excluding hydrogens is 180 g/mol. The summed E-state index contributed by atoms with van der Waals surface area (Å²) in [4.78, 5) is 11.0. The van der Waals surface area contributed by atoms with E-state index < -0.39 is 5.54 Å². The molecule has 0 saturated carbocycles. The summed E-state index contributed by atoms with van der Waals surface area (Å²) in [6, 6.07) is 0. The van der Waals surface area contributed by atoms with E-state index in [1.165, 1.54) is 0 Å². The maximum absolute atomic E-state index is 11.0. The van der Waals surface area contributed by atoms with Crippen molar-refractivity contribution >= 4 is 18.3 Å². The van der Waals surface area contributed by atoms with Gasteiger partial charge in [-0.1, -0.05) is 0 Å². The number of hydrogen-bond acceptors (Lipinski definition) is 3. The number of amides is 1. The van der Waals surface area contributed by atoms with Crippen molar-refractivity contribution in [2.45, 2.75) is 19.4 Å². The van der Waals surface area contributed by atoms with Crippen molar-refractivity contribution < 1.29 is 9.53 Å². The zero-order valence-corrected chi connectivity index (χ0v) is 8.53. The maximum atomic E-state index is 11.0. The van der Waals surface area contributed by atoms with Gasteiger partial charge in [0.1, 0.15) is 0 Å². The van der Waals surface area contributed by atoms with Crippen LogP contribution in [0, 0.1) is 0 Å². The Hall–Kier alpha value is -0.320. The minimum absolute atomic E-state index is 0. The van der Waals surface area contributed by atoms with Crippen LogP contribution >= 0.6 is 12.4 Å². The third kappa shape index (κ3) is 6.39. The van der Waals surface area contributed by atoms with Crippen LogP contribution in [-0.4, -0.2) is 31.7 Å². The molecular formula is C7H17ClN2O2. The van der Waals surface area contributed by atoms with Crippen molar-refractivity contribution in [3.63, 3.8) is 0 Å². The maximum Gasteiger partial charge on any atom is 0.239 e. The van der Waals surface area contributed by atoms with Crippen LogP contribution in [0.5, 0.6) is 0 Å². The average molecular weight is 197 g/mol. The summed E-state index contributed by atoms with van der Waals surface area (Å²) in [6.07, 6.45) is 0. The Morgan fingerprint density at radius 1 is 1.58 bits per heavy atom. The molecule has 4 nitrogen and oxygen atoms in total. The van der Waals surface area contributed by atoms with E-state index in [9.17, 15) is 4.79 Å². The highest BCUT2D eigenvalue weighted by molar-refractivity contribution is 5.85. The molecule has 0 saturated heterocycles. The SMILES string of the molecule is COCCNC(=O)C(C)(C)N.Cl. The Kier molecular flexibility index (Phi) is 7.37. The number of ether oxygens (including phenoxy) is 1. The van der Waals surface area contributed by atoms with Crippen LogP contribution in [0.1, 0.15) is 13.8 Å². The summed E-state index contributed by atoms with van der Waals surface area (Å²) in [5.74, 6) is -0.158. The van der Waals surface area contributed by atoms with Crippen LogP contribution in [0.2, 0.25) is 0 Å². The van der Waals surface area contributed by atoms with Gasteiger partial charge in [0.25, 0.3) is 0 Å². The second-order valence-corrected chi connectivity index (χ2v) is 2.97. The van der Waals surface area contributed by atoms with Crippen molar-refractivity contribution in [3.8, 4) is 0 Å². The number of rotatable bonds is 4. The number of carbonyl (C=O) groups is 1. The molecule has 5 heteroatoms. The molecule has 0 aromatic heterocycles. The summed E-state index contributed by atoms with van der Waals surface area (Å²) < 4.78 is 4.75. The number of nitrogens with two attached hydrogens (primary N) is 1. The first-order valence-electron chi connectivity index (χ1n) is 3.54. The van der Waals surface area contributed by atoms with Gasteiger partial charge in [0.2, 0.25) is 5.91 Å². The van der Waals surface area contributed by atoms with E-state index in [0.717, 1.165) is 0 Å². The highest BCUT2D eigenvalue weighted by Gasteiger charge is 2.20. The highest BCUT2D eigenvalue weighted by atomic mass is 35.5. The van der Waals surface area contributed by atoms with Gasteiger partial charge in [0, 0.05) is 13.7 Å². The minimum atomic E-state index is -0.798. The molecule has 0 aromatic rings. The van der Waals surface area contributed by atoms with E-state index in [4.69, 9.17) is 10.5 Å². The highest BCUT2D eigenvalue weighted by Crippen LogP contribution is 1.94. The predicted octanol–water partition coefficient (Wildman–Crippen LogP) is -0.0919. The van der Waals surface area contributed by atoms with E-state index in [2.05, 4.69) is 5.32 Å². The molecule has 74 valence electrons. The Labute approximate surface area is 79.2 Å². The molecule has 0 bridgehead atoms. The van der Waals surface area contributed by atoms with E-state index in [1.807, 2.05) is 0 Å². The van der Waals surface area contributed by atoms with Gasteiger partial charge < -0.3 is 15.8 Å². The van der Waals surface area contributed by atoms with Crippen molar-refractivity contribution in [2.24, 2.45) is 5.73 Å². The summed E-state index contributed by atoms with van der Waals surface area (Å²) in [7, 11) is 1.58. The quantitative estimate of drug-likeness (QED) is 0.618. The average Bonchev–Trinajstić information content (AvgIpc) is 1.86. The van der Waals surface area contributed by atoms with Gasteiger partial charge in [-0.15, -0.1) is 12.4 Å². The number of nitrogens with one attached hydrogen (secondary N) is 1.